The number of rotatable bonds is 2. The molecular formula is C16H33N3. The summed E-state index contributed by atoms with van der Waals surface area (Å²) < 4.78 is 0. The number of hydrogen-bond acceptors (Lipinski definition) is 3. The molecule has 3 heteroatoms. The minimum atomic E-state index is 0.380. The lowest BCUT2D eigenvalue weighted by molar-refractivity contribution is 0.134. The molecule has 2 fully saturated rings. The number of hydrogen-bond donors (Lipinski definition) is 1. The van der Waals surface area contributed by atoms with Gasteiger partial charge in [-0.3, -0.25) is 4.90 Å². The van der Waals surface area contributed by atoms with Gasteiger partial charge in [0, 0.05) is 38.3 Å². The molecule has 112 valence electrons. The monoisotopic (exact) mass is 267 g/mol. The largest absolute Gasteiger partial charge is 0.329 e. The van der Waals surface area contributed by atoms with Crippen LogP contribution in [0, 0.1) is 5.41 Å². The zero-order valence-electron chi connectivity index (χ0n) is 13.2. The topological polar surface area (TPSA) is 32.5 Å². The Balaban J connectivity index is 2.08. The molecular weight excluding hydrogens is 234 g/mol. The molecule has 1 unspecified atom stereocenters. The van der Waals surface area contributed by atoms with Crippen molar-refractivity contribution < 1.29 is 0 Å². The SMILES string of the molecule is CN1CC(C)(C)CN(C2CCCCCC2)CC1CN. The van der Waals surface area contributed by atoms with E-state index in [1.54, 1.807) is 0 Å². The van der Waals surface area contributed by atoms with Gasteiger partial charge in [0.2, 0.25) is 0 Å². The van der Waals surface area contributed by atoms with Gasteiger partial charge in [-0.25, -0.2) is 0 Å². The van der Waals surface area contributed by atoms with Crippen LogP contribution in [0.4, 0.5) is 0 Å². The molecule has 1 saturated carbocycles. The van der Waals surface area contributed by atoms with E-state index in [9.17, 15) is 0 Å². The Morgan fingerprint density at radius 1 is 1.05 bits per heavy atom. The van der Waals surface area contributed by atoms with Gasteiger partial charge in [-0.05, 0) is 25.3 Å². The molecule has 1 heterocycles. The first kappa shape index (κ1) is 15.3. The average Bonchev–Trinajstić information content (AvgIpc) is 2.66. The Morgan fingerprint density at radius 3 is 2.26 bits per heavy atom. The Labute approximate surface area is 119 Å². The van der Waals surface area contributed by atoms with Crippen LogP contribution in [0.15, 0.2) is 0 Å². The number of likely N-dealkylation sites (N-methyl/N-ethyl adjacent to an activating group) is 1. The molecule has 2 aliphatic rings. The Morgan fingerprint density at radius 2 is 1.68 bits per heavy atom. The highest BCUT2D eigenvalue weighted by Gasteiger charge is 2.34. The maximum Gasteiger partial charge on any atom is 0.0342 e. The minimum absolute atomic E-state index is 0.380. The highest BCUT2D eigenvalue weighted by atomic mass is 15.3. The van der Waals surface area contributed by atoms with Gasteiger partial charge in [-0.15, -0.1) is 0 Å². The smallest absolute Gasteiger partial charge is 0.0342 e. The highest BCUT2D eigenvalue weighted by molar-refractivity contribution is 4.90. The van der Waals surface area contributed by atoms with Gasteiger partial charge in [-0.1, -0.05) is 39.5 Å². The lowest BCUT2D eigenvalue weighted by Crippen LogP contribution is -2.46. The first-order valence-corrected chi connectivity index (χ1v) is 8.16. The van der Waals surface area contributed by atoms with Crippen molar-refractivity contribution in [1.29, 1.82) is 0 Å². The number of nitrogens with two attached hydrogens (primary N) is 1. The van der Waals surface area contributed by atoms with Gasteiger partial charge in [0.1, 0.15) is 0 Å². The lowest BCUT2D eigenvalue weighted by Gasteiger charge is -2.35. The molecule has 1 atom stereocenters. The predicted octanol–water partition coefficient (Wildman–Crippen LogP) is 2.31. The lowest BCUT2D eigenvalue weighted by atomic mass is 9.91. The summed E-state index contributed by atoms with van der Waals surface area (Å²) in [7, 11) is 2.25. The third-order valence-electron chi connectivity index (χ3n) is 4.99. The van der Waals surface area contributed by atoms with E-state index in [-0.39, 0.29) is 0 Å². The van der Waals surface area contributed by atoms with Gasteiger partial charge in [0.05, 0.1) is 0 Å². The molecule has 19 heavy (non-hydrogen) atoms. The van der Waals surface area contributed by atoms with E-state index in [2.05, 4.69) is 30.7 Å². The first-order valence-electron chi connectivity index (χ1n) is 8.16. The summed E-state index contributed by atoms with van der Waals surface area (Å²) in [6.45, 7) is 9.17. The zero-order valence-corrected chi connectivity index (χ0v) is 13.2. The van der Waals surface area contributed by atoms with E-state index in [4.69, 9.17) is 5.73 Å². The fourth-order valence-corrected chi connectivity index (χ4v) is 4.03. The van der Waals surface area contributed by atoms with Crippen LogP contribution in [-0.2, 0) is 0 Å². The van der Waals surface area contributed by atoms with Crippen molar-refractivity contribution in [1.82, 2.24) is 9.80 Å². The van der Waals surface area contributed by atoms with Crippen LogP contribution >= 0.6 is 0 Å². The molecule has 0 aromatic carbocycles. The number of nitrogens with zero attached hydrogens (tertiary/aromatic N) is 2. The molecule has 3 nitrogen and oxygen atoms in total. The molecule has 1 aliphatic heterocycles. The fraction of sp³-hybridized carbons (Fsp3) is 1.00. The molecule has 2 N–H and O–H groups in total. The maximum absolute atomic E-state index is 6.01. The summed E-state index contributed by atoms with van der Waals surface area (Å²) in [5.74, 6) is 0. The summed E-state index contributed by atoms with van der Waals surface area (Å²) in [5, 5.41) is 0. The second-order valence-electron chi connectivity index (χ2n) is 7.54. The van der Waals surface area contributed by atoms with Crippen molar-refractivity contribution in [2.24, 2.45) is 11.1 Å². The second-order valence-corrected chi connectivity index (χ2v) is 7.54. The zero-order chi connectivity index (χ0) is 13.9. The molecule has 0 amide bonds. The Kier molecular flexibility index (Phi) is 5.27. The maximum atomic E-state index is 6.01. The highest BCUT2D eigenvalue weighted by Crippen LogP contribution is 2.29. The van der Waals surface area contributed by atoms with E-state index >= 15 is 0 Å². The molecule has 0 aromatic rings. The molecule has 0 spiro atoms. The van der Waals surface area contributed by atoms with Crippen LogP contribution in [0.5, 0.6) is 0 Å². The molecule has 1 saturated heterocycles. The molecule has 0 aromatic heterocycles. The van der Waals surface area contributed by atoms with Crippen LogP contribution in [0.3, 0.4) is 0 Å². The van der Waals surface area contributed by atoms with E-state index in [1.807, 2.05) is 0 Å². The molecule has 1 aliphatic carbocycles. The molecule has 0 bridgehead atoms. The quantitative estimate of drug-likeness (QED) is 0.779. The standard InChI is InChI=1S/C16H33N3/c1-16(2)12-18(3)15(10-17)11-19(13-16)14-8-6-4-5-7-9-14/h14-15H,4-13,17H2,1-3H3. The van der Waals surface area contributed by atoms with Crippen LogP contribution in [0.25, 0.3) is 0 Å². The first-order chi connectivity index (χ1) is 9.02. The fourth-order valence-electron chi connectivity index (χ4n) is 4.03. The summed E-state index contributed by atoms with van der Waals surface area (Å²) in [6, 6.07) is 1.34. The third-order valence-corrected chi connectivity index (χ3v) is 4.99. The van der Waals surface area contributed by atoms with Gasteiger partial charge in [-0.2, -0.15) is 0 Å². The van der Waals surface area contributed by atoms with Crippen LogP contribution in [0.2, 0.25) is 0 Å². The van der Waals surface area contributed by atoms with E-state index < -0.39 is 0 Å². The van der Waals surface area contributed by atoms with Gasteiger partial charge >= 0.3 is 0 Å². The second kappa shape index (κ2) is 6.55. The summed E-state index contributed by atoms with van der Waals surface area (Å²) in [5.41, 5.74) is 6.39. The minimum Gasteiger partial charge on any atom is -0.329 e. The third kappa shape index (κ3) is 4.17. The molecule has 2 rings (SSSR count). The summed E-state index contributed by atoms with van der Waals surface area (Å²) >= 11 is 0. The summed E-state index contributed by atoms with van der Waals surface area (Å²) in [4.78, 5) is 5.25. The van der Waals surface area contributed by atoms with Crippen molar-refractivity contribution in [3.8, 4) is 0 Å². The van der Waals surface area contributed by atoms with E-state index in [0.717, 1.165) is 19.1 Å². The van der Waals surface area contributed by atoms with Crippen molar-refractivity contribution in [2.75, 3.05) is 33.2 Å². The van der Waals surface area contributed by atoms with E-state index in [1.165, 1.54) is 51.6 Å². The summed E-state index contributed by atoms with van der Waals surface area (Å²) in [6.07, 6.45) is 8.52. The molecule has 0 radical (unpaired) electrons. The normalized spacial score (nSPS) is 31.9. The van der Waals surface area contributed by atoms with Crippen LogP contribution in [-0.4, -0.2) is 55.1 Å². The van der Waals surface area contributed by atoms with Crippen molar-refractivity contribution in [3.05, 3.63) is 0 Å². The van der Waals surface area contributed by atoms with Crippen molar-refractivity contribution in [3.63, 3.8) is 0 Å². The van der Waals surface area contributed by atoms with E-state index in [0.29, 0.717) is 11.5 Å². The van der Waals surface area contributed by atoms with Gasteiger partial charge < -0.3 is 10.6 Å². The average molecular weight is 267 g/mol. The van der Waals surface area contributed by atoms with Crippen molar-refractivity contribution in [2.45, 2.75) is 64.5 Å². The predicted molar refractivity (Wildman–Crippen MR) is 82.3 cm³/mol. The van der Waals surface area contributed by atoms with Crippen molar-refractivity contribution >= 4 is 0 Å². The van der Waals surface area contributed by atoms with Gasteiger partial charge in [0.15, 0.2) is 0 Å². The Hall–Kier alpha value is -0.120. The van der Waals surface area contributed by atoms with Crippen LogP contribution < -0.4 is 5.73 Å². The van der Waals surface area contributed by atoms with Gasteiger partial charge in [0.25, 0.3) is 0 Å². The Bertz CT molecular complexity index is 269. The van der Waals surface area contributed by atoms with Crippen LogP contribution in [0.1, 0.15) is 52.4 Å².